The number of carbonyl (C=O) groups is 1. The number of amides is 1. The van der Waals surface area contributed by atoms with Crippen molar-refractivity contribution in [2.24, 2.45) is 0 Å². The Kier molecular flexibility index (Phi) is 4.39. The maximum absolute atomic E-state index is 12.4. The van der Waals surface area contributed by atoms with Crippen LogP contribution in [0.15, 0.2) is 47.6 Å². The van der Waals surface area contributed by atoms with E-state index in [1.807, 2.05) is 57.2 Å². The molecule has 3 aromatic rings. The largest absolute Gasteiger partial charge is 0.333 e. The lowest BCUT2D eigenvalue weighted by Crippen LogP contribution is -2.22. The molecule has 2 N–H and O–H groups in total. The van der Waals surface area contributed by atoms with Gasteiger partial charge < -0.3 is 10.3 Å². The Bertz CT molecular complexity index is 856. The highest BCUT2D eigenvalue weighted by atomic mass is 32.2. The van der Waals surface area contributed by atoms with Crippen LogP contribution in [0, 0.1) is 13.8 Å². The van der Waals surface area contributed by atoms with E-state index >= 15 is 0 Å². The van der Waals surface area contributed by atoms with Crippen LogP contribution >= 0.6 is 11.8 Å². The minimum Gasteiger partial charge on any atom is -0.333 e. The number of nitrogens with one attached hydrogen (secondary N) is 2. The maximum atomic E-state index is 12.4. The summed E-state index contributed by atoms with van der Waals surface area (Å²) in [6.45, 7) is 5.91. The molecule has 118 valence electrons. The fraction of sp³-hybridized carbons (Fsp3) is 0.222. The van der Waals surface area contributed by atoms with Crippen molar-refractivity contribution in [2.75, 3.05) is 5.32 Å². The number of fused-ring (bicyclic) bond motifs is 1. The Morgan fingerprint density at radius 2 is 2.00 bits per heavy atom. The van der Waals surface area contributed by atoms with Gasteiger partial charge in [0.25, 0.3) is 0 Å². The van der Waals surface area contributed by atoms with Crippen LogP contribution in [0.5, 0.6) is 0 Å². The third-order valence-electron chi connectivity index (χ3n) is 3.68. The molecular weight excluding hydrogens is 306 g/mol. The Balaban J connectivity index is 1.71. The molecule has 0 saturated heterocycles. The molecule has 4 nitrogen and oxygen atoms in total. The zero-order chi connectivity index (χ0) is 16.4. The predicted molar refractivity (Wildman–Crippen MR) is 96.0 cm³/mol. The molecule has 0 fully saturated rings. The van der Waals surface area contributed by atoms with E-state index in [1.165, 1.54) is 17.3 Å². The molecular formula is C18H19N3OS. The normalized spacial score (nSPS) is 12.3. The van der Waals surface area contributed by atoms with Gasteiger partial charge in [-0.25, -0.2) is 4.98 Å². The van der Waals surface area contributed by atoms with Gasteiger partial charge in [0.05, 0.1) is 16.3 Å². The summed E-state index contributed by atoms with van der Waals surface area (Å²) >= 11 is 1.43. The average Bonchev–Trinajstić information content (AvgIpc) is 2.90. The molecule has 0 saturated carbocycles. The lowest BCUT2D eigenvalue weighted by molar-refractivity contribution is -0.115. The van der Waals surface area contributed by atoms with Crippen LogP contribution in [0.25, 0.3) is 11.0 Å². The van der Waals surface area contributed by atoms with E-state index < -0.39 is 0 Å². The first kappa shape index (κ1) is 15.6. The number of carbonyl (C=O) groups excluding carboxylic acids is 1. The van der Waals surface area contributed by atoms with Crippen molar-refractivity contribution in [1.29, 1.82) is 0 Å². The van der Waals surface area contributed by atoms with Crippen LogP contribution in [0.2, 0.25) is 0 Å². The smallest absolute Gasteiger partial charge is 0.237 e. The van der Waals surface area contributed by atoms with Gasteiger partial charge in [-0.1, -0.05) is 36.0 Å². The lowest BCUT2D eigenvalue weighted by Gasteiger charge is -2.12. The summed E-state index contributed by atoms with van der Waals surface area (Å²) in [7, 11) is 0. The topological polar surface area (TPSA) is 57.8 Å². The molecule has 2 aromatic carbocycles. The Hall–Kier alpha value is -2.27. The van der Waals surface area contributed by atoms with Crippen molar-refractivity contribution in [3.8, 4) is 0 Å². The summed E-state index contributed by atoms with van der Waals surface area (Å²) < 4.78 is 0. The van der Waals surface area contributed by atoms with E-state index in [0.717, 1.165) is 27.4 Å². The maximum Gasteiger partial charge on any atom is 0.237 e. The number of anilines is 1. The minimum atomic E-state index is -0.240. The number of aromatic amines is 1. The van der Waals surface area contributed by atoms with Crippen LogP contribution in [0.3, 0.4) is 0 Å². The first-order valence-electron chi connectivity index (χ1n) is 7.52. The van der Waals surface area contributed by atoms with Gasteiger partial charge in [0.1, 0.15) is 0 Å². The molecule has 5 heteroatoms. The number of imidazole rings is 1. The van der Waals surface area contributed by atoms with Gasteiger partial charge >= 0.3 is 0 Å². The number of thioether (sulfide) groups is 1. The number of hydrogen-bond acceptors (Lipinski definition) is 3. The molecule has 1 amide bonds. The van der Waals surface area contributed by atoms with Crippen molar-refractivity contribution < 1.29 is 4.79 Å². The van der Waals surface area contributed by atoms with Crippen LogP contribution in [0.4, 0.5) is 5.69 Å². The fourth-order valence-corrected chi connectivity index (χ4v) is 3.15. The molecule has 0 spiro atoms. The third-order valence-corrected chi connectivity index (χ3v) is 4.66. The van der Waals surface area contributed by atoms with E-state index in [0.29, 0.717) is 0 Å². The van der Waals surface area contributed by atoms with Crippen molar-refractivity contribution >= 4 is 34.4 Å². The zero-order valence-electron chi connectivity index (χ0n) is 13.4. The Labute approximate surface area is 139 Å². The number of hydrogen-bond donors (Lipinski definition) is 2. The molecule has 3 rings (SSSR count). The predicted octanol–water partition coefficient (Wildman–Crippen LogP) is 4.30. The number of aryl methyl sites for hydroxylation is 2. The van der Waals surface area contributed by atoms with E-state index in [-0.39, 0.29) is 11.2 Å². The van der Waals surface area contributed by atoms with E-state index in [4.69, 9.17) is 0 Å². The van der Waals surface area contributed by atoms with Crippen molar-refractivity contribution in [3.63, 3.8) is 0 Å². The highest BCUT2D eigenvalue weighted by molar-refractivity contribution is 8.00. The average molecular weight is 325 g/mol. The van der Waals surface area contributed by atoms with Gasteiger partial charge in [0.2, 0.25) is 5.91 Å². The summed E-state index contributed by atoms with van der Waals surface area (Å²) in [4.78, 5) is 20.2. The van der Waals surface area contributed by atoms with Gasteiger partial charge in [0, 0.05) is 5.69 Å². The highest BCUT2D eigenvalue weighted by Gasteiger charge is 2.17. The third kappa shape index (κ3) is 3.56. The van der Waals surface area contributed by atoms with Crippen LogP contribution in [-0.4, -0.2) is 21.1 Å². The molecule has 1 unspecified atom stereocenters. The van der Waals surface area contributed by atoms with Gasteiger partial charge in [-0.05, 0) is 50.1 Å². The number of rotatable bonds is 4. The Morgan fingerprint density at radius 1 is 1.22 bits per heavy atom. The number of benzene rings is 2. The molecule has 0 aliphatic rings. The van der Waals surface area contributed by atoms with E-state index in [9.17, 15) is 4.79 Å². The van der Waals surface area contributed by atoms with E-state index in [1.54, 1.807) is 0 Å². The number of para-hydroxylation sites is 1. The zero-order valence-corrected chi connectivity index (χ0v) is 14.2. The second-order valence-corrected chi connectivity index (χ2v) is 6.96. The molecule has 0 bridgehead atoms. The SMILES string of the molecule is Cc1ccc2nc(SC(C)C(=O)Nc3ccccc3C)[nH]c2c1. The van der Waals surface area contributed by atoms with Gasteiger partial charge in [0.15, 0.2) is 5.16 Å². The van der Waals surface area contributed by atoms with Crippen LogP contribution in [0.1, 0.15) is 18.1 Å². The molecule has 1 aromatic heterocycles. The summed E-state index contributed by atoms with van der Waals surface area (Å²) in [5.74, 6) is -0.0269. The van der Waals surface area contributed by atoms with Gasteiger partial charge in [-0.15, -0.1) is 0 Å². The van der Waals surface area contributed by atoms with Crippen molar-refractivity contribution in [3.05, 3.63) is 53.6 Å². The van der Waals surface area contributed by atoms with Crippen LogP contribution < -0.4 is 5.32 Å². The second kappa shape index (κ2) is 6.46. The number of aromatic nitrogens is 2. The van der Waals surface area contributed by atoms with Gasteiger partial charge in [-0.3, -0.25) is 4.79 Å². The number of H-pyrrole nitrogens is 1. The Morgan fingerprint density at radius 3 is 2.78 bits per heavy atom. The molecule has 23 heavy (non-hydrogen) atoms. The summed E-state index contributed by atoms with van der Waals surface area (Å²) in [6, 6.07) is 13.9. The minimum absolute atomic E-state index is 0.0269. The molecule has 0 aliphatic carbocycles. The standard InChI is InChI=1S/C18H19N3OS/c1-11-8-9-15-16(10-11)21-18(20-15)23-13(3)17(22)19-14-7-5-4-6-12(14)2/h4-10,13H,1-3H3,(H,19,22)(H,20,21). The fourth-order valence-electron chi connectivity index (χ4n) is 2.32. The van der Waals surface area contributed by atoms with E-state index in [2.05, 4.69) is 21.4 Å². The molecule has 0 aliphatic heterocycles. The monoisotopic (exact) mass is 325 g/mol. The molecule has 1 heterocycles. The lowest BCUT2D eigenvalue weighted by atomic mass is 10.2. The molecule has 0 radical (unpaired) electrons. The highest BCUT2D eigenvalue weighted by Crippen LogP contribution is 2.25. The summed E-state index contributed by atoms with van der Waals surface area (Å²) in [6.07, 6.45) is 0. The molecule has 1 atom stereocenters. The summed E-state index contributed by atoms with van der Waals surface area (Å²) in [5.41, 5.74) is 5.01. The van der Waals surface area contributed by atoms with Crippen molar-refractivity contribution in [2.45, 2.75) is 31.2 Å². The summed E-state index contributed by atoms with van der Waals surface area (Å²) in [5, 5.41) is 3.49. The van der Waals surface area contributed by atoms with Crippen LogP contribution in [-0.2, 0) is 4.79 Å². The second-order valence-electron chi connectivity index (χ2n) is 5.63. The number of nitrogens with zero attached hydrogens (tertiary/aromatic N) is 1. The first-order valence-corrected chi connectivity index (χ1v) is 8.40. The van der Waals surface area contributed by atoms with Crippen molar-refractivity contribution in [1.82, 2.24) is 9.97 Å². The van der Waals surface area contributed by atoms with Gasteiger partial charge in [-0.2, -0.15) is 0 Å². The first-order chi connectivity index (χ1) is 11.0. The quantitative estimate of drug-likeness (QED) is 0.703.